The predicted molar refractivity (Wildman–Crippen MR) is 122 cm³/mol. The molecule has 1 atom stereocenters. The van der Waals surface area contributed by atoms with E-state index in [0.717, 1.165) is 35.1 Å². The van der Waals surface area contributed by atoms with Crippen LogP contribution in [0.4, 0.5) is 0 Å². The van der Waals surface area contributed by atoms with Crippen molar-refractivity contribution < 1.29 is 35.0 Å². The first kappa shape index (κ1) is 26.3. The summed E-state index contributed by atoms with van der Waals surface area (Å²) in [6.07, 6.45) is 1.97. The van der Waals surface area contributed by atoms with Crippen LogP contribution in [-0.4, -0.2) is 48.5 Å². The predicted octanol–water partition coefficient (Wildman–Crippen LogP) is 1.28. The molecule has 33 heavy (non-hydrogen) atoms. The standard InChI is InChI=1S/C24H29N5O3.Li.H/c1-4-5-10-21(30)29(22(16(2)3)24(31)32)15-17-11-13-18(14-12-17)19-8-6-7-9-20(19)23-25-27-28-26-23;;/h6-9,11-14,16,22H,4-5,10,15H2,1-3H3,(H,31,32)(H,25,26,27,28);;/q;+1;-1. The first-order chi connectivity index (χ1) is 15.4. The van der Waals surface area contributed by atoms with Crippen molar-refractivity contribution in [3.8, 4) is 22.5 Å². The molecule has 0 spiro atoms. The van der Waals surface area contributed by atoms with Crippen LogP contribution in [0.5, 0.6) is 0 Å². The van der Waals surface area contributed by atoms with Crippen molar-refractivity contribution in [2.24, 2.45) is 5.92 Å². The maximum Gasteiger partial charge on any atom is 1.00 e. The second kappa shape index (κ2) is 12.3. The zero-order chi connectivity index (χ0) is 23.1. The van der Waals surface area contributed by atoms with Gasteiger partial charge in [0.1, 0.15) is 6.04 Å². The molecule has 170 valence electrons. The van der Waals surface area contributed by atoms with Crippen molar-refractivity contribution in [1.82, 2.24) is 25.5 Å². The summed E-state index contributed by atoms with van der Waals surface area (Å²) in [7, 11) is 0. The third-order valence-corrected chi connectivity index (χ3v) is 5.42. The van der Waals surface area contributed by atoms with Gasteiger partial charge in [-0.1, -0.05) is 75.7 Å². The SMILES string of the molecule is CCCCC(=O)N(Cc1ccc(-c2ccccc2-c2nn[nH]n2)cc1)C(C(=O)O)C(C)C.[H-].[Li+]. The number of amides is 1. The fourth-order valence-electron chi connectivity index (χ4n) is 3.78. The first-order valence-corrected chi connectivity index (χ1v) is 10.9. The molecule has 0 fully saturated rings. The summed E-state index contributed by atoms with van der Waals surface area (Å²) in [6.45, 7) is 5.93. The van der Waals surface area contributed by atoms with Gasteiger partial charge >= 0.3 is 24.8 Å². The second-order valence-corrected chi connectivity index (χ2v) is 8.13. The number of aliphatic carboxylic acids is 1. The number of hydrogen-bond acceptors (Lipinski definition) is 5. The van der Waals surface area contributed by atoms with Crippen LogP contribution in [0, 0.1) is 5.92 Å². The van der Waals surface area contributed by atoms with E-state index in [4.69, 9.17) is 0 Å². The smallest absolute Gasteiger partial charge is 1.00 e. The van der Waals surface area contributed by atoms with Gasteiger partial charge in [0, 0.05) is 18.5 Å². The monoisotopic (exact) mass is 443 g/mol. The van der Waals surface area contributed by atoms with E-state index < -0.39 is 12.0 Å². The number of aromatic amines is 1. The summed E-state index contributed by atoms with van der Waals surface area (Å²) in [6, 6.07) is 14.7. The van der Waals surface area contributed by atoms with Crippen molar-refractivity contribution in [3.63, 3.8) is 0 Å². The molecule has 1 unspecified atom stereocenters. The van der Waals surface area contributed by atoms with Gasteiger partial charge in [0.25, 0.3) is 0 Å². The van der Waals surface area contributed by atoms with Gasteiger partial charge in [-0.25, -0.2) is 4.79 Å². The Labute approximate surface area is 207 Å². The Hall–Kier alpha value is -2.95. The van der Waals surface area contributed by atoms with Crippen LogP contribution in [0.3, 0.4) is 0 Å². The Morgan fingerprint density at radius 1 is 1.09 bits per heavy atom. The molecule has 0 aliphatic heterocycles. The molecule has 0 bridgehead atoms. The normalized spacial score (nSPS) is 11.6. The molecule has 0 aliphatic carbocycles. The van der Waals surface area contributed by atoms with Crippen molar-refractivity contribution in [2.45, 2.75) is 52.6 Å². The van der Waals surface area contributed by atoms with Gasteiger partial charge in [-0.3, -0.25) is 4.79 Å². The number of rotatable bonds is 10. The fraction of sp³-hybridized carbons (Fsp3) is 0.375. The Bertz CT molecular complexity index is 1050. The number of carboxylic acids is 1. The quantitative estimate of drug-likeness (QED) is 0.457. The minimum absolute atomic E-state index is 0. The number of benzene rings is 2. The average Bonchev–Trinajstić information content (AvgIpc) is 3.32. The van der Waals surface area contributed by atoms with Crippen LogP contribution >= 0.6 is 0 Å². The maximum atomic E-state index is 12.9. The number of carbonyl (C=O) groups excluding carboxylic acids is 1. The van der Waals surface area contributed by atoms with E-state index in [1.807, 2.05) is 69.3 Å². The number of carboxylic acid groups (broad SMARTS) is 1. The molecule has 3 aromatic rings. The minimum Gasteiger partial charge on any atom is -1.00 e. The number of aromatic nitrogens is 4. The molecule has 8 nitrogen and oxygen atoms in total. The summed E-state index contributed by atoms with van der Waals surface area (Å²) in [5.74, 6) is -0.784. The summed E-state index contributed by atoms with van der Waals surface area (Å²) in [5.41, 5.74) is 3.66. The third-order valence-electron chi connectivity index (χ3n) is 5.42. The van der Waals surface area contributed by atoms with Gasteiger partial charge < -0.3 is 11.4 Å². The van der Waals surface area contributed by atoms with E-state index in [0.29, 0.717) is 12.2 Å². The largest absolute Gasteiger partial charge is 1.00 e. The zero-order valence-electron chi connectivity index (χ0n) is 20.7. The van der Waals surface area contributed by atoms with E-state index in [9.17, 15) is 14.7 Å². The minimum atomic E-state index is -0.976. The molecule has 9 heteroatoms. The number of unbranched alkanes of at least 4 members (excludes halogenated alkanes) is 1. The summed E-state index contributed by atoms with van der Waals surface area (Å²) < 4.78 is 0. The second-order valence-electron chi connectivity index (χ2n) is 8.13. The van der Waals surface area contributed by atoms with Crippen molar-refractivity contribution >= 4 is 11.9 Å². The first-order valence-electron chi connectivity index (χ1n) is 10.9. The van der Waals surface area contributed by atoms with Crippen LogP contribution in [0.2, 0.25) is 0 Å². The molecule has 1 aromatic heterocycles. The summed E-state index contributed by atoms with van der Waals surface area (Å²) >= 11 is 0. The third kappa shape index (κ3) is 6.53. The molecule has 2 N–H and O–H groups in total. The fourth-order valence-corrected chi connectivity index (χ4v) is 3.78. The number of carbonyl (C=O) groups is 2. The van der Waals surface area contributed by atoms with E-state index in [1.54, 1.807) is 0 Å². The molecule has 0 aliphatic rings. The van der Waals surface area contributed by atoms with Gasteiger partial charge in [0.2, 0.25) is 11.7 Å². The van der Waals surface area contributed by atoms with Crippen molar-refractivity contribution in [3.05, 3.63) is 54.1 Å². The van der Waals surface area contributed by atoms with Gasteiger partial charge in [0.15, 0.2) is 0 Å². The van der Waals surface area contributed by atoms with Crippen LogP contribution in [0.1, 0.15) is 47.0 Å². The van der Waals surface area contributed by atoms with E-state index >= 15 is 0 Å². The summed E-state index contributed by atoms with van der Waals surface area (Å²) in [4.78, 5) is 26.3. The molecular weight excluding hydrogens is 413 g/mol. The molecule has 0 saturated carbocycles. The molecule has 0 saturated heterocycles. The van der Waals surface area contributed by atoms with Gasteiger partial charge in [0.05, 0.1) is 0 Å². The van der Waals surface area contributed by atoms with Crippen molar-refractivity contribution in [2.75, 3.05) is 0 Å². The Balaban J connectivity index is 0.00000289. The van der Waals surface area contributed by atoms with Crippen LogP contribution in [0.25, 0.3) is 22.5 Å². The molecule has 1 amide bonds. The van der Waals surface area contributed by atoms with Crippen LogP contribution in [-0.2, 0) is 16.1 Å². The topological polar surface area (TPSA) is 112 Å². The van der Waals surface area contributed by atoms with Crippen LogP contribution in [0.15, 0.2) is 48.5 Å². The number of hydrogen-bond donors (Lipinski definition) is 2. The number of tetrazole rings is 1. The molecule has 2 aromatic carbocycles. The van der Waals surface area contributed by atoms with Crippen LogP contribution < -0.4 is 18.9 Å². The Kier molecular flexibility index (Phi) is 9.83. The van der Waals surface area contributed by atoms with E-state index in [-0.39, 0.29) is 38.7 Å². The molecule has 3 rings (SSSR count). The zero-order valence-corrected chi connectivity index (χ0v) is 19.7. The molecule has 0 radical (unpaired) electrons. The number of nitrogens with zero attached hydrogens (tertiary/aromatic N) is 4. The van der Waals surface area contributed by atoms with Gasteiger partial charge in [-0.15, -0.1) is 10.2 Å². The maximum absolute atomic E-state index is 12.9. The van der Waals surface area contributed by atoms with Gasteiger partial charge in [-0.05, 0) is 34.2 Å². The van der Waals surface area contributed by atoms with E-state index in [2.05, 4.69) is 20.6 Å². The number of H-pyrrole nitrogens is 1. The van der Waals surface area contributed by atoms with Gasteiger partial charge in [-0.2, -0.15) is 5.21 Å². The summed E-state index contributed by atoms with van der Waals surface area (Å²) in [5, 5.41) is 24.0. The Morgan fingerprint density at radius 3 is 2.30 bits per heavy atom. The van der Waals surface area contributed by atoms with Crippen molar-refractivity contribution in [1.29, 1.82) is 0 Å². The Morgan fingerprint density at radius 2 is 1.76 bits per heavy atom. The van der Waals surface area contributed by atoms with E-state index in [1.165, 1.54) is 4.90 Å². The molecule has 1 heterocycles. The molecular formula is C24H30LiN5O3. The average molecular weight is 443 g/mol. The number of nitrogens with one attached hydrogen (secondary N) is 1.